The number of carbonyl (C=O) groups is 5. The van der Waals surface area contributed by atoms with Gasteiger partial charge in [-0.25, -0.2) is 19.2 Å². The van der Waals surface area contributed by atoms with Crippen LogP contribution in [-0.4, -0.2) is 80.8 Å². The number of rotatable bonds is 10. The third kappa shape index (κ3) is 21.1. The number of hydrogen-bond acceptors (Lipinski definition) is 10. The first-order chi connectivity index (χ1) is 25.6. The van der Waals surface area contributed by atoms with Gasteiger partial charge in [0.05, 0.1) is 24.2 Å². The van der Waals surface area contributed by atoms with Gasteiger partial charge < -0.3 is 39.4 Å². The Balaban J connectivity index is 0. The van der Waals surface area contributed by atoms with Gasteiger partial charge in [-0.05, 0) is 77.3 Å². The standard InChI is InChI=1S/C13H18O.C10H10O3.C7H7O3.3C4H6O2.Zn/c1-5-11-7-9-12(10-8-11)14-13(3,4)6-2;1-8(7-11)10(12)13-9-5-3-2-4-6-9;8-7-4-1-3-2-5(10-7)6(4)9-3;3*1-3(2)4(5)6;/h5,7-10H,1,6H2,2-4H3;2-6,11H,1,7H2;2-6H,1H2;3*1H2,2H3,(H,5,6);/q;;-1;;;;. The fourth-order valence-electron chi connectivity index (χ4n) is 3.84. The number of esters is 2. The van der Waals surface area contributed by atoms with Crippen molar-refractivity contribution >= 4 is 35.9 Å². The number of carboxylic acid groups (broad SMARTS) is 3. The largest absolute Gasteiger partial charge is 0.492 e. The fourth-order valence-corrected chi connectivity index (χ4v) is 3.84. The van der Waals surface area contributed by atoms with E-state index in [1.165, 1.54) is 20.8 Å². The topological polar surface area (TPSA) is 203 Å². The minimum Gasteiger partial charge on any atom is -0.492 e. The number of aliphatic hydroxyl groups is 1. The molecule has 0 aliphatic carbocycles. The summed E-state index contributed by atoms with van der Waals surface area (Å²) in [6.07, 6.45) is 5.91. The van der Waals surface area contributed by atoms with Gasteiger partial charge in [0, 0.05) is 42.3 Å². The molecule has 4 atom stereocenters. The van der Waals surface area contributed by atoms with Crippen LogP contribution in [0.5, 0.6) is 11.5 Å². The zero-order chi connectivity index (χ0) is 42.5. The van der Waals surface area contributed by atoms with Crippen molar-refractivity contribution in [2.75, 3.05) is 6.61 Å². The summed E-state index contributed by atoms with van der Waals surface area (Å²) in [6, 6.07) is 16.6. The summed E-state index contributed by atoms with van der Waals surface area (Å²) >= 11 is 0. The second-order valence-electron chi connectivity index (χ2n) is 12.8. The maximum atomic E-state index is 11.1. The van der Waals surface area contributed by atoms with E-state index < -0.39 is 23.9 Å². The molecule has 4 unspecified atom stereocenters. The van der Waals surface area contributed by atoms with Gasteiger partial charge in [0.1, 0.15) is 17.1 Å². The van der Waals surface area contributed by atoms with Gasteiger partial charge in [0.15, 0.2) is 0 Å². The average molecular weight is 831 g/mol. The van der Waals surface area contributed by atoms with Crippen LogP contribution in [-0.2, 0) is 52.9 Å². The van der Waals surface area contributed by atoms with E-state index in [1.807, 2.05) is 42.8 Å². The Kier molecular flexibility index (Phi) is 25.1. The van der Waals surface area contributed by atoms with Crippen LogP contribution in [0.25, 0.3) is 6.08 Å². The Morgan fingerprint density at radius 2 is 1.32 bits per heavy atom. The quantitative estimate of drug-likeness (QED) is 0.0635. The molecule has 14 heteroatoms. The number of aliphatic carboxylic acids is 3. The van der Waals surface area contributed by atoms with Gasteiger partial charge in [0.25, 0.3) is 0 Å². The number of ether oxygens (including phenoxy) is 4. The fraction of sp³-hybridized carbons (Fsp3) is 0.333. The minimum atomic E-state index is -0.935. The molecule has 0 saturated carbocycles. The first-order valence-corrected chi connectivity index (χ1v) is 16.9. The summed E-state index contributed by atoms with van der Waals surface area (Å²) in [5, 5.41) is 32.3. The molecule has 3 heterocycles. The summed E-state index contributed by atoms with van der Waals surface area (Å²) < 4.78 is 21.1. The molecule has 3 aliphatic rings. The predicted molar refractivity (Wildman–Crippen MR) is 208 cm³/mol. The smallest absolute Gasteiger partial charge is 0.341 e. The number of aliphatic hydroxyl groups excluding tert-OH is 1. The predicted octanol–water partition coefficient (Wildman–Crippen LogP) is 6.88. The second kappa shape index (κ2) is 26.6. The molecular weight excluding hydrogens is 778 g/mol. The van der Waals surface area contributed by atoms with Crippen molar-refractivity contribution < 1.29 is 82.8 Å². The average Bonchev–Trinajstić information content (AvgIpc) is 3.78. The Bertz CT molecular complexity index is 1570. The first kappa shape index (κ1) is 52.9. The molecule has 3 aliphatic heterocycles. The molecule has 56 heavy (non-hydrogen) atoms. The van der Waals surface area contributed by atoms with E-state index in [0.717, 1.165) is 24.2 Å². The van der Waals surface area contributed by atoms with Crippen molar-refractivity contribution in [1.29, 1.82) is 0 Å². The SMILES string of the molecule is C=C(C)C(=O)O.C=C(C)C(=O)O.C=C(C)C(=O)O.C=C(CO)C(=O)Oc1ccccc1.C=Cc1ccc(OC(C)(C)CC)cc1.O=C1OC2[CH-]C3CC1C2O3.[Zn]. The van der Waals surface area contributed by atoms with E-state index in [1.54, 1.807) is 24.3 Å². The van der Waals surface area contributed by atoms with Crippen LogP contribution in [0.2, 0.25) is 0 Å². The molecule has 3 fully saturated rings. The van der Waals surface area contributed by atoms with Crippen LogP contribution in [0.15, 0.2) is 110 Å². The minimum absolute atomic E-state index is 0. The van der Waals surface area contributed by atoms with E-state index in [2.05, 4.69) is 53.7 Å². The van der Waals surface area contributed by atoms with Crippen molar-refractivity contribution in [2.24, 2.45) is 5.92 Å². The maximum Gasteiger partial charge on any atom is 0.341 e. The maximum absolute atomic E-state index is 11.1. The zero-order valence-corrected chi connectivity index (χ0v) is 36.0. The van der Waals surface area contributed by atoms with E-state index in [-0.39, 0.29) is 84.2 Å². The van der Waals surface area contributed by atoms with Gasteiger partial charge in [-0.15, -0.1) is 0 Å². The monoisotopic (exact) mass is 829 g/mol. The Morgan fingerprint density at radius 3 is 1.66 bits per heavy atom. The number of carbonyl (C=O) groups excluding carboxylic acids is 2. The summed E-state index contributed by atoms with van der Waals surface area (Å²) in [6.45, 7) is 26.8. The van der Waals surface area contributed by atoms with Crippen molar-refractivity contribution in [2.45, 2.75) is 78.3 Å². The van der Waals surface area contributed by atoms with Crippen molar-refractivity contribution in [3.8, 4) is 11.5 Å². The van der Waals surface area contributed by atoms with Gasteiger partial charge in [-0.3, -0.25) is 11.2 Å². The Morgan fingerprint density at radius 1 is 0.857 bits per heavy atom. The van der Waals surface area contributed by atoms with Crippen LogP contribution >= 0.6 is 0 Å². The number of fused-ring (bicyclic) bond motifs is 1. The summed E-state index contributed by atoms with van der Waals surface area (Å²) in [5.41, 5.74) is 1.60. The molecule has 2 aromatic rings. The van der Waals surface area contributed by atoms with Crippen LogP contribution in [0.3, 0.4) is 0 Å². The van der Waals surface area contributed by atoms with Crippen LogP contribution < -0.4 is 9.47 Å². The van der Waals surface area contributed by atoms with E-state index >= 15 is 0 Å². The van der Waals surface area contributed by atoms with Crippen LogP contribution in [0.1, 0.15) is 59.9 Å². The molecule has 0 amide bonds. The molecule has 302 valence electrons. The zero-order valence-electron chi connectivity index (χ0n) is 33.0. The van der Waals surface area contributed by atoms with Crippen LogP contribution in [0, 0.1) is 12.3 Å². The number of carboxylic acids is 3. The van der Waals surface area contributed by atoms with Gasteiger partial charge in [0.2, 0.25) is 0 Å². The molecule has 0 spiro atoms. The number of hydrogen-bond donors (Lipinski definition) is 4. The molecule has 4 N–H and O–H groups in total. The summed E-state index contributed by atoms with van der Waals surface area (Å²) in [5.74, 6) is -2.05. The molecule has 3 saturated heterocycles. The third-order valence-corrected chi connectivity index (χ3v) is 7.39. The molecule has 5 rings (SSSR count). The van der Waals surface area contributed by atoms with Crippen molar-refractivity contribution in [3.63, 3.8) is 0 Å². The summed E-state index contributed by atoms with van der Waals surface area (Å²) in [4.78, 5) is 50.8. The van der Waals surface area contributed by atoms with E-state index in [0.29, 0.717) is 5.75 Å². The number of para-hydroxylation sites is 1. The number of benzene rings is 2. The molecule has 13 nitrogen and oxygen atoms in total. The third-order valence-electron chi connectivity index (χ3n) is 7.39. The molecule has 2 bridgehead atoms. The summed E-state index contributed by atoms with van der Waals surface area (Å²) in [7, 11) is 0. The van der Waals surface area contributed by atoms with Gasteiger partial charge in [-0.1, -0.05) is 82.3 Å². The van der Waals surface area contributed by atoms with Gasteiger partial charge >= 0.3 is 29.8 Å². The van der Waals surface area contributed by atoms with E-state index in [9.17, 15) is 24.0 Å². The Labute approximate surface area is 341 Å². The van der Waals surface area contributed by atoms with Crippen molar-refractivity contribution in [1.82, 2.24) is 0 Å². The molecule has 2 aromatic carbocycles. The molecular formula is C42H53O13Zn-. The van der Waals surface area contributed by atoms with Gasteiger partial charge in [-0.2, -0.15) is 0 Å². The Hall–Kier alpha value is -5.17. The molecule has 0 radical (unpaired) electrons. The van der Waals surface area contributed by atoms with Crippen molar-refractivity contribution in [3.05, 3.63) is 122 Å². The normalized spacial score (nSPS) is 17.3. The van der Waals surface area contributed by atoms with E-state index in [4.69, 9.17) is 39.4 Å². The molecule has 0 aromatic heterocycles. The second-order valence-corrected chi connectivity index (χ2v) is 12.8. The van der Waals surface area contributed by atoms with Crippen LogP contribution in [0.4, 0.5) is 0 Å². The first-order valence-electron chi connectivity index (χ1n) is 16.9.